The van der Waals surface area contributed by atoms with Gasteiger partial charge in [0.1, 0.15) is 13.2 Å². The number of nitriles is 1. The molecule has 6 heteroatoms. The van der Waals surface area contributed by atoms with E-state index in [2.05, 4.69) is 5.32 Å². The number of ether oxygens (including phenoxy) is 2. The van der Waals surface area contributed by atoms with Crippen molar-refractivity contribution in [3.63, 3.8) is 0 Å². The van der Waals surface area contributed by atoms with E-state index in [1.54, 1.807) is 42.5 Å². The number of ketones is 1. The lowest BCUT2D eigenvalue weighted by molar-refractivity contribution is -0.121. The first-order valence-electron chi connectivity index (χ1n) is 8.34. The molecule has 0 aliphatic carbocycles. The van der Waals surface area contributed by atoms with Gasteiger partial charge in [-0.1, -0.05) is 12.1 Å². The fourth-order valence-electron chi connectivity index (χ4n) is 2.57. The van der Waals surface area contributed by atoms with Crippen LogP contribution in [0.4, 0.5) is 0 Å². The van der Waals surface area contributed by atoms with Gasteiger partial charge in [-0.05, 0) is 35.9 Å². The largest absolute Gasteiger partial charge is 0.486 e. The maximum atomic E-state index is 12.3. The van der Waals surface area contributed by atoms with Crippen molar-refractivity contribution >= 4 is 11.7 Å². The molecule has 1 aliphatic heterocycles. The number of carbonyl (C=O) groups is 2. The molecule has 0 radical (unpaired) electrons. The quantitative estimate of drug-likeness (QED) is 0.809. The van der Waals surface area contributed by atoms with E-state index in [0.29, 0.717) is 42.4 Å². The van der Waals surface area contributed by atoms with Gasteiger partial charge in [0.2, 0.25) is 5.91 Å². The number of Topliss-reactive ketones (excluding diaryl/α,β-unsaturated/α-hetero) is 1. The van der Waals surface area contributed by atoms with E-state index in [-0.39, 0.29) is 24.5 Å². The highest BCUT2D eigenvalue weighted by Crippen LogP contribution is 2.31. The first kappa shape index (κ1) is 17.5. The average molecular weight is 350 g/mol. The molecular weight excluding hydrogens is 332 g/mol. The van der Waals surface area contributed by atoms with E-state index in [4.69, 9.17) is 14.7 Å². The summed E-state index contributed by atoms with van der Waals surface area (Å²) in [5.74, 6) is 0.885. The molecule has 3 rings (SSSR count). The SMILES string of the molecule is N#Cc1ccc(CNC(=O)CCC(=O)c2ccc3c(c2)OCCO3)cc1. The van der Waals surface area contributed by atoms with Gasteiger partial charge >= 0.3 is 0 Å². The Hall–Kier alpha value is -3.33. The molecule has 0 bridgehead atoms. The lowest BCUT2D eigenvalue weighted by Gasteiger charge is -2.18. The Morgan fingerprint density at radius 2 is 1.73 bits per heavy atom. The molecule has 1 heterocycles. The van der Waals surface area contributed by atoms with Crippen LogP contribution in [0, 0.1) is 11.3 Å². The van der Waals surface area contributed by atoms with Crippen molar-refractivity contribution in [2.75, 3.05) is 13.2 Å². The van der Waals surface area contributed by atoms with Gasteiger partial charge in [0, 0.05) is 24.9 Å². The molecule has 0 unspecified atom stereocenters. The number of amides is 1. The molecule has 0 aromatic heterocycles. The number of benzene rings is 2. The average Bonchev–Trinajstić information content (AvgIpc) is 2.70. The molecule has 0 saturated carbocycles. The van der Waals surface area contributed by atoms with E-state index in [1.165, 1.54) is 0 Å². The monoisotopic (exact) mass is 350 g/mol. The molecule has 0 atom stereocenters. The fourth-order valence-corrected chi connectivity index (χ4v) is 2.57. The highest BCUT2D eigenvalue weighted by molar-refractivity contribution is 5.98. The summed E-state index contributed by atoms with van der Waals surface area (Å²) in [4.78, 5) is 24.2. The Bertz CT molecular complexity index is 853. The summed E-state index contributed by atoms with van der Waals surface area (Å²) in [6.07, 6.45) is 0.238. The van der Waals surface area contributed by atoms with Crippen LogP contribution in [0.25, 0.3) is 0 Å². The molecule has 26 heavy (non-hydrogen) atoms. The number of nitrogens with one attached hydrogen (secondary N) is 1. The van der Waals surface area contributed by atoms with Crippen LogP contribution in [-0.2, 0) is 11.3 Å². The fraction of sp³-hybridized carbons (Fsp3) is 0.250. The molecule has 1 aliphatic rings. The van der Waals surface area contributed by atoms with Crippen molar-refractivity contribution in [2.24, 2.45) is 0 Å². The van der Waals surface area contributed by atoms with Crippen LogP contribution in [0.5, 0.6) is 11.5 Å². The molecule has 132 valence electrons. The van der Waals surface area contributed by atoms with Crippen molar-refractivity contribution in [1.82, 2.24) is 5.32 Å². The second-order valence-electron chi connectivity index (χ2n) is 5.87. The molecule has 0 fully saturated rings. The third-order valence-electron chi connectivity index (χ3n) is 4.02. The first-order chi connectivity index (χ1) is 12.7. The smallest absolute Gasteiger partial charge is 0.220 e. The zero-order chi connectivity index (χ0) is 18.4. The Balaban J connectivity index is 1.47. The van der Waals surface area contributed by atoms with Crippen LogP contribution in [0.15, 0.2) is 42.5 Å². The zero-order valence-electron chi connectivity index (χ0n) is 14.2. The summed E-state index contributed by atoms with van der Waals surface area (Å²) in [7, 11) is 0. The maximum Gasteiger partial charge on any atom is 0.220 e. The maximum absolute atomic E-state index is 12.3. The van der Waals surface area contributed by atoms with Crippen molar-refractivity contribution in [3.8, 4) is 17.6 Å². The van der Waals surface area contributed by atoms with Crippen LogP contribution in [0.3, 0.4) is 0 Å². The van der Waals surface area contributed by atoms with Gasteiger partial charge < -0.3 is 14.8 Å². The predicted molar refractivity (Wildman–Crippen MR) is 94.0 cm³/mol. The molecule has 2 aromatic carbocycles. The Morgan fingerprint density at radius 1 is 1.00 bits per heavy atom. The van der Waals surface area contributed by atoms with Gasteiger partial charge in [-0.2, -0.15) is 5.26 Å². The minimum absolute atomic E-state index is 0.115. The van der Waals surface area contributed by atoms with Crippen LogP contribution >= 0.6 is 0 Å². The van der Waals surface area contributed by atoms with Gasteiger partial charge in [-0.15, -0.1) is 0 Å². The minimum atomic E-state index is -0.194. The molecule has 1 amide bonds. The normalized spacial score (nSPS) is 12.1. The van der Waals surface area contributed by atoms with Crippen LogP contribution < -0.4 is 14.8 Å². The number of rotatable bonds is 6. The Labute approximate surface area is 151 Å². The molecule has 0 saturated heterocycles. The Morgan fingerprint density at radius 3 is 2.46 bits per heavy atom. The topological polar surface area (TPSA) is 88.4 Å². The van der Waals surface area contributed by atoms with E-state index in [9.17, 15) is 9.59 Å². The van der Waals surface area contributed by atoms with Gasteiger partial charge in [0.25, 0.3) is 0 Å². The molecular formula is C20H18N2O4. The second kappa shape index (κ2) is 8.17. The van der Waals surface area contributed by atoms with Crippen molar-refractivity contribution in [3.05, 3.63) is 59.2 Å². The van der Waals surface area contributed by atoms with Crippen molar-refractivity contribution < 1.29 is 19.1 Å². The summed E-state index contributed by atoms with van der Waals surface area (Å²) in [6, 6.07) is 14.1. The summed E-state index contributed by atoms with van der Waals surface area (Å²) in [5, 5.41) is 11.5. The number of nitrogens with zero attached hydrogens (tertiary/aromatic N) is 1. The first-order valence-corrected chi connectivity index (χ1v) is 8.34. The predicted octanol–water partition coefficient (Wildman–Crippen LogP) is 2.61. The molecule has 2 aromatic rings. The van der Waals surface area contributed by atoms with Gasteiger partial charge in [0.05, 0.1) is 11.6 Å². The third-order valence-corrected chi connectivity index (χ3v) is 4.02. The van der Waals surface area contributed by atoms with Gasteiger partial charge in [-0.25, -0.2) is 0 Å². The summed E-state index contributed by atoms with van der Waals surface area (Å²) in [5.41, 5.74) is 1.98. The Kier molecular flexibility index (Phi) is 5.49. The van der Waals surface area contributed by atoms with Crippen LogP contribution in [0.2, 0.25) is 0 Å². The lowest BCUT2D eigenvalue weighted by atomic mass is 10.1. The summed E-state index contributed by atoms with van der Waals surface area (Å²) in [6.45, 7) is 1.32. The van der Waals surface area contributed by atoms with Crippen LogP contribution in [-0.4, -0.2) is 24.9 Å². The van der Waals surface area contributed by atoms with E-state index in [1.807, 2.05) is 6.07 Å². The second-order valence-corrected chi connectivity index (χ2v) is 5.87. The summed E-state index contributed by atoms with van der Waals surface area (Å²) < 4.78 is 10.9. The van der Waals surface area contributed by atoms with Crippen molar-refractivity contribution in [2.45, 2.75) is 19.4 Å². The lowest BCUT2D eigenvalue weighted by Crippen LogP contribution is -2.23. The van der Waals surface area contributed by atoms with Gasteiger partial charge in [-0.3, -0.25) is 9.59 Å². The van der Waals surface area contributed by atoms with Crippen molar-refractivity contribution in [1.29, 1.82) is 5.26 Å². The highest BCUT2D eigenvalue weighted by atomic mass is 16.6. The van der Waals surface area contributed by atoms with Gasteiger partial charge in [0.15, 0.2) is 17.3 Å². The highest BCUT2D eigenvalue weighted by Gasteiger charge is 2.15. The van der Waals surface area contributed by atoms with E-state index >= 15 is 0 Å². The zero-order valence-corrected chi connectivity index (χ0v) is 14.2. The number of carbonyl (C=O) groups excluding carboxylic acids is 2. The number of hydrogen-bond donors (Lipinski definition) is 1. The van der Waals surface area contributed by atoms with E-state index in [0.717, 1.165) is 5.56 Å². The van der Waals surface area contributed by atoms with E-state index < -0.39 is 0 Å². The summed E-state index contributed by atoms with van der Waals surface area (Å²) >= 11 is 0. The third kappa shape index (κ3) is 4.39. The molecule has 1 N–H and O–H groups in total. The molecule has 6 nitrogen and oxygen atoms in total. The van der Waals surface area contributed by atoms with Crippen LogP contribution in [0.1, 0.15) is 34.3 Å². The molecule has 0 spiro atoms. The minimum Gasteiger partial charge on any atom is -0.486 e. The standard InChI is InChI=1S/C20H18N2O4/c21-12-14-1-3-15(4-2-14)13-22-20(24)8-6-17(23)16-5-7-18-19(11-16)26-10-9-25-18/h1-5,7,11H,6,8-10,13H2,(H,22,24). The number of hydrogen-bond acceptors (Lipinski definition) is 5. The number of fused-ring (bicyclic) bond motifs is 1.